The van der Waals surface area contributed by atoms with Gasteiger partial charge in [0.15, 0.2) is 0 Å². The molecule has 0 fully saturated rings. The molecule has 0 rings (SSSR count). The molecule has 1 amide bonds. The first-order valence-corrected chi connectivity index (χ1v) is 7.60. The van der Waals surface area contributed by atoms with Crippen molar-refractivity contribution in [3.8, 4) is 0 Å². The molecule has 0 aliphatic carbocycles. The number of sulfonamides is 2. The Hall–Kier alpha value is 0.706. The van der Waals surface area contributed by atoms with Gasteiger partial charge in [0.2, 0.25) is 5.91 Å². The molecule has 0 atom stereocenters. The van der Waals surface area contributed by atoms with E-state index < -0.39 is 31.7 Å². The summed E-state index contributed by atoms with van der Waals surface area (Å²) in [5, 5.41) is 2.25. The Morgan fingerprint density at radius 2 is 1.76 bits per heavy atom. The monoisotopic (exact) mass is 308 g/mol. The van der Waals surface area contributed by atoms with Crippen molar-refractivity contribution in [3.05, 3.63) is 16.3 Å². The molecule has 94 valence electrons. The van der Waals surface area contributed by atoms with Gasteiger partial charge in [0.25, 0.3) is 0 Å². The summed E-state index contributed by atoms with van der Waals surface area (Å²) in [4.78, 5) is 11.0. The Balaban J connectivity index is 0. The number of nitrogens with zero attached hydrogens (tertiary/aromatic N) is 1. The van der Waals surface area contributed by atoms with Gasteiger partial charge in [0.05, 0.1) is 25.8 Å². The molecule has 0 saturated carbocycles. The van der Waals surface area contributed by atoms with Crippen molar-refractivity contribution < 1.29 is 73.0 Å². The minimum Gasteiger partial charge on any atom is -0.436 e. The second kappa shape index (κ2) is 7.99. The predicted molar refractivity (Wildman–Crippen MR) is 59.8 cm³/mol. The molecule has 0 aromatic heterocycles. The fraction of sp³-hybridized carbons (Fsp3) is 0.571. The normalized spacial score (nSPS) is 11.4. The zero-order chi connectivity index (χ0) is 13.0. The van der Waals surface area contributed by atoms with E-state index in [2.05, 4.69) is 16.0 Å². The molecule has 0 heterocycles. The van der Waals surface area contributed by atoms with Crippen molar-refractivity contribution in [2.45, 2.75) is 6.92 Å². The summed E-state index contributed by atoms with van der Waals surface area (Å²) in [6.07, 6.45) is 0.678. The third kappa shape index (κ3) is 11.5. The van der Waals surface area contributed by atoms with Gasteiger partial charge in [-0.2, -0.15) is 0 Å². The largest absolute Gasteiger partial charge is 1.00 e. The van der Waals surface area contributed by atoms with E-state index in [-0.39, 0.29) is 63.5 Å². The third-order valence-electron chi connectivity index (χ3n) is 1.28. The summed E-state index contributed by atoms with van der Waals surface area (Å²) >= 11 is 0. The smallest absolute Gasteiger partial charge is 0.436 e. The molecule has 0 radical (unpaired) electrons. The second-order valence-electron chi connectivity index (χ2n) is 3.13. The van der Waals surface area contributed by atoms with E-state index >= 15 is 0 Å². The Morgan fingerprint density at radius 3 is 2.12 bits per heavy atom. The van der Waals surface area contributed by atoms with Crippen LogP contribution >= 0.6 is 0 Å². The van der Waals surface area contributed by atoms with Gasteiger partial charge in [0.1, 0.15) is 0 Å². The maximum absolute atomic E-state index is 11.1. The minimum atomic E-state index is -4.07. The molecule has 0 aromatic carbocycles. The molecule has 0 aliphatic heterocycles. The summed E-state index contributed by atoms with van der Waals surface area (Å²) in [6, 6.07) is 0. The van der Waals surface area contributed by atoms with Crippen molar-refractivity contribution in [2.24, 2.45) is 0 Å². The fourth-order valence-corrected chi connectivity index (χ4v) is 3.00. The predicted octanol–water partition coefficient (Wildman–Crippen LogP) is -3.65. The van der Waals surface area contributed by atoms with Crippen LogP contribution in [0.2, 0.25) is 0 Å². The molecule has 0 saturated heterocycles. The molecule has 17 heavy (non-hydrogen) atoms. The molecule has 0 aliphatic rings. The number of hydrogen-bond acceptors (Lipinski definition) is 5. The van der Waals surface area contributed by atoms with Crippen molar-refractivity contribution >= 4 is 26.0 Å². The number of carbonyl (C=O) groups excluding carboxylic acids is 1. The Kier molecular flexibility index (Phi) is 9.42. The minimum absolute atomic E-state index is 0. The van der Waals surface area contributed by atoms with Crippen LogP contribution in [0.5, 0.6) is 0 Å². The maximum Gasteiger partial charge on any atom is 1.00 e. The number of amides is 1. The van der Waals surface area contributed by atoms with Crippen LogP contribution in [-0.2, 0) is 24.8 Å². The van der Waals surface area contributed by atoms with Crippen LogP contribution < -0.4 is 56.7 Å². The van der Waals surface area contributed by atoms with Crippen LogP contribution in [0.3, 0.4) is 0 Å². The van der Waals surface area contributed by atoms with Crippen molar-refractivity contribution in [2.75, 3.05) is 18.6 Å². The van der Waals surface area contributed by atoms with Gasteiger partial charge in [-0.3, -0.25) is 4.79 Å². The van der Waals surface area contributed by atoms with Crippen LogP contribution in [0.15, 0.2) is 12.2 Å². The molecular weight excluding hydrogens is 295 g/mol. The first kappa shape index (κ1) is 20.0. The zero-order valence-corrected chi connectivity index (χ0v) is 14.7. The van der Waals surface area contributed by atoms with Gasteiger partial charge in [-0.25, -0.2) is 16.8 Å². The van der Waals surface area contributed by atoms with E-state index in [1.807, 2.05) is 0 Å². The Morgan fingerprint density at radius 1 is 1.29 bits per heavy atom. The zero-order valence-electron chi connectivity index (χ0n) is 9.93. The second-order valence-corrected chi connectivity index (χ2v) is 6.76. The van der Waals surface area contributed by atoms with Crippen molar-refractivity contribution in [1.29, 1.82) is 0 Å². The summed E-state index contributed by atoms with van der Waals surface area (Å²) in [6.45, 7) is 4.60. The summed E-state index contributed by atoms with van der Waals surface area (Å²) in [5.41, 5.74) is 0.234. The number of hydrogen-bond donors (Lipinski definition) is 1. The first-order chi connectivity index (χ1) is 7.03. The summed E-state index contributed by atoms with van der Waals surface area (Å²) < 4.78 is 46.0. The van der Waals surface area contributed by atoms with Crippen LogP contribution in [-0.4, -0.2) is 41.3 Å². The maximum atomic E-state index is 11.1. The molecule has 10 heteroatoms. The van der Waals surface area contributed by atoms with Gasteiger partial charge < -0.3 is 9.44 Å². The topological polar surface area (TPSA) is 111 Å². The SMILES string of the molecule is C=C(C)C(=O)NCCS(=O)(=O)[N-]S(C)(=O)=O.[K+]. The summed E-state index contributed by atoms with van der Waals surface area (Å²) in [5.74, 6) is -1.06. The van der Waals surface area contributed by atoms with Gasteiger partial charge in [0, 0.05) is 18.4 Å². The van der Waals surface area contributed by atoms with Gasteiger partial charge >= 0.3 is 51.4 Å². The molecule has 1 N–H and O–H groups in total. The third-order valence-corrected chi connectivity index (χ3v) is 3.99. The first-order valence-electron chi connectivity index (χ1n) is 4.14. The molecule has 7 nitrogen and oxygen atoms in total. The molecular formula is C7H13KN2O5S2. The Bertz CT molecular complexity index is 482. The van der Waals surface area contributed by atoms with Gasteiger partial charge in [-0.15, -0.1) is 0 Å². The van der Waals surface area contributed by atoms with Crippen LogP contribution in [0.1, 0.15) is 6.92 Å². The average molecular weight is 308 g/mol. The van der Waals surface area contributed by atoms with E-state index in [1.165, 1.54) is 6.92 Å². The van der Waals surface area contributed by atoms with E-state index in [0.29, 0.717) is 6.26 Å². The van der Waals surface area contributed by atoms with Crippen molar-refractivity contribution in [1.82, 2.24) is 5.32 Å². The van der Waals surface area contributed by atoms with Crippen LogP contribution in [0.25, 0.3) is 4.13 Å². The molecule has 0 aromatic rings. The number of nitrogens with one attached hydrogen (secondary N) is 1. The van der Waals surface area contributed by atoms with E-state index in [4.69, 9.17) is 0 Å². The van der Waals surface area contributed by atoms with Crippen molar-refractivity contribution in [3.63, 3.8) is 0 Å². The van der Waals surface area contributed by atoms with Gasteiger partial charge in [-0.05, 0) is 6.92 Å². The van der Waals surface area contributed by atoms with E-state index in [9.17, 15) is 21.6 Å². The molecule has 0 unspecified atom stereocenters. The summed E-state index contributed by atoms with van der Waals surface area (Å²) in [7, 11) is -8.01. The number of rotatable bonds is 6. The van der Waals surface area contributed by atoms with E-state index in [1.54, 1.807) is 0 Å². The quantitative estimate of drug-likeness (QED) is 0.402. The van der Waals surface area contributed by atoms with Crippen LogP contribution in [0.4, 0.5) is 0 Å². The molecule has 0 spiro atoms. The fourth-order valence-electron chi connectivity index (χ4n) is 0.688. The van der Waals surface area contributed by atoms with E-state index in [0.717, 1.165) is 0 Å². The van der Waals surface area contributed by atoms with Gasteiger partial charge in [-0.1, -0.05) is 6.58 Å². The Labute approximate surface area is 144 Å². The standard InChI is InChI=1S/C7H13N2O5S2.K/c1-6(2)7(10)8-4-5-16(13,14)9-15(3,11)12;/h1,4-5H2,2-3H3,(H,8,10);/q-1;+1. The molecule has 0 bridgehead atoms. The average Bonchev–Trinajstić information content (AvgIpc) is 1.98. The van der Waals surface area contributed by atoms with Crippen LogP contribution in [0, 0.1) is 0 Å². The number of carbonyl (C=O) groups is 1.